The summed E-state index contributed by atoms with van der Waals surface area (Å²) in [7, 11) is -0.921. The molecule has 1 unspecified atom stereocenters. The maximum Gasteiger partial charge on any atom is 0.181 e. The van der Waals surface area contributed by atoms with E-state index in [1.165, 1.54) is 57.8 Å². The summed E-state index contributed by atoms with van der Waals surface area (Å²) in [6.45, 7) is 2.26. The smallest absolute Gasteiger partial charge is 0.181 e. The third-order valence-electron chi connectivity index (χ3n) is 4.15. The second-order valence-corrected chi connectivity index (χ2v) is 8.95. The van der Waals surface area contributed by atoms with Gasteiger partial charge in [-0.25, -0.2) is 4.98 Å². The molecule has 0 fully saturated rings. The zero-order valence-electron chi connectivity index (χ0n) is 14.3. The molecule has 0 N–H and O–H groups in total. The number of thiazole rings is 1. The van der Waals surface area contributed by atoms with Gasteiger partial charge in [0.2, 0.25) is 0 Å². The molecule has 1 heterocycles. The lowest BCUT2D eigenvalue weighted by Gasteiger charge is -2.02. The van der Waals surface area contributed by atoms with Crippen molar-refractivity contribution in [1.82, 2.24) is 4.98 Å². The van der Waals surface area contributed by atoms with Gasteiger partial charge in [-0.15, -0.1) is 11.3 Å². The molecule has 0 saturated carbocycles. The van der Waals surface area contributed by atoms with Crippen LogP contribution in [0.3, 0.4) is 0 Å². The molecule has 0 aliphatic rings. The third-order valence-corrected chi connectivity index (χ3v) is 6.93. The van der Waals surface area contributed by atoms with E-state index in [9.17, 15) is 4.21 Å². The Kier molecular flexibility index (Phi) is 8.83. The zero-order valence-corrected chi connectivity index (χ0v) is 15.9. The zero-order chi connectivity index (χ0) is 16.3. The molecule has 0 aliphatic heterocycles. The average molecular weight is 352 g/mol. The molecule has 128 valence electrons. The lowest BCUT2D eigenvalue weighted by atomic mass is 10.1. The van der Waals surface area contributed by atoms with Crippen molar-refractivity contribution >= 4 is 32.4 Å². The van der Waals surface area contributed by atoms with Crippen molar-refractivity contribution in [1.29, 1.82) is 0 Å². The van der Waals surface area contributed by atoms with E-state index in [0.29, 0.717) is 0 Å². The predicted octanol–water partition coefficient (Wildman–Crippen LogP) is 6.32. The lowest BCUT2D eigenvalue weighted by Crippen LogP contribution is -1.97. The van der Waals surface area contributed by atoms with E-state index < -0.39 is 10.8 Å². The number of rotatable bonds is 12. The van der Waals surface area contributed by atoms with Gasteiger partial charge in [0.15, 0.2) is 4.34 Å². The molecule has 0 amide bonds. The van der Waals surface area contributed by atoms with Crippen molar-refractivity contribution in [2.75, 3.05) is 5.75 Å². The van der Waals surface area contributed by atoms with Crippen molar-refractivity contribution in [2.24, 2.45) is 0 Å². The molecule has 0 spiro atoms. The van der Waals surface area contributed by atoms with E-state index in [2.05, 4.69) is 11.9 Å². The fourth-order valence-corrected chi connectivity index (χ4v) is 5.19. The van der Waals surface area contributed by atoms with Crippen LogP contribution in [0.25, 0.3) is 10.2 Å². The summed E-state index contributed by atoms with van der Waals surface area (Å²) >= 11 is 1.58. The fourth-order valence-electron chi connectivity index (χ4n) is 2.76. The van der Waals surface area contributed by atoms with Crippen molar-refractivity contribution in [3.63, 3.8) is 0 Å². The van der Waals surface area contributed by atoms with Crippen LogP contribution in [0.2, 0.25) is 0 Å². The van der Waals surface area contributed by atoms with Crippen molar-refractivity contribution in [3.8, 4) is 0 Å². The van der Waals surface area contributed by atoms with E-state index in [4.69, 9.17) is 0 Å². The normalized spacial score (nSPS) is 12.7. The molecule has 0 aliphatic carbocycles. The quantitative estimate of drug-likeness (QED) is 0.418. The van der Waals surface area contributed by atoms with E-state index in [0.717, 1.165) is 26.7 Å². The van der Waals surface area contributed by atoms with Crippen LogP contribution in [0.1, 0.15) is 71.1 Å². The van der Waals surface area contributed by atoms with Gasteiger partial charge in [0.05, 0.1) is 21.0 Å². The molecule has 0 saturated heterocycles. The summed E-state index contributed by atoms with van der Waals surface area (Å²) in [6, 6.07) is 8.04. The third kappa shape index (κ3) is 6.72. The van der Waals surface area contributed by atoms with E-state index in [1.807, 2.05) is 24.3 Å². The molecule has 0 radical (unpaired) electrons. The molecule has 1 aromatic heterocycles. The summed E-state index contributed by atoms with van der Waals surface area (Å²) in [5, 5.41) is 0. The highest BCUT2D eigenvalue weighted by atomic mass is 32.2. The number of para-hydroxylation sites is 1. The van der Waals surface area contributed by atoms with Gasteiger partial charge >= 0.3 is 0 Å². The Morgan fingerprint density at radius 2 is 1.52 bits per heavy atom. The number of aromatic nitrogens is 1. The van der Waals surface area contributed by atoms with Crippen LogP contribution in [0, 0.1) is 0 Å². The molecule has 4 heteroatoms. The van der Waals surface area contributed by atoms with Gasteiger partial charge in [0.1, 0.15) is 0 Å². The largest absolute Gasteiger partial charge is 0.252 e. The maximum absolute atomic E-state index is 12.3. The molecule has 23 heavy (non-hydrogen) atoms. The Hall–Kier alpha value is -0.740. The molecule has 2 rings (SSSR count). The van der Waals surface area contributed by atoms with Crippen LogP contribution in [-0.2, 0) is 10.8 Å². The molecule has 1 atom stereocenters. The SMILES string of the molecule is CCCCCCCCCCCCS(=O)c1nc2ccccc2s1. The first-order valence-electron chi connectivity index (χ1n) is 9.05. The number of fused-ring (bicyclic) bond motifs is 1. The molecular formula is C19H29NOS2. The minimum absolute atomic E-state index is 0.760. The standard InChI is InChI=1S/C19H29NOS2/c1-2-3-4-5-6-7-8-9-10-13-16-23(21)19-20-17-14-11-12-15-18(17)22-19/h11-12,14-15H,2-10,13,16H2,1H3. The second kappa shape index (κ2) is 10.9. The summed E-state index contributed by atoms with van der Waals surface area (Å²) < 4.78 is 14.2. The van der Waals surface area contributed by atoms with Crippen molar-refractivity contribution in [3.05, 3.63) is 24.3 Å². The number of hydrogen-bond acceptors (Lipinski definition) is 3. The van der Waals surface area contributed by atoms with Crippen LogP contribution >= 0.6 is 11.3 Å². The summed E-state index contributed by atoms with van der Waals surface area (Å²) in [4.78, 5) is 4.49. The number of nitrogens with zero attached hydrogens (tertiary/aromatic N) is 1. The van der Waals surface area contributed by atoms with Crippen LogP contribution < -0.4 is 0 Å². The highest BCUT2D eigenvalue weighted by Crippen LogP contribution is 2.24. The Bertz CT molecular complexity index is 561. The Morgan fingerprint density at radius 1 is 0.913 bits per heavy atom. The van der Waals surface area contributed by atoms with Gasteiger partial charge in [-0.05, 0) is 18.6 Å². The fraction of sp³-hybridized carbons (Fsp3) is 0.632. The second-order valence-electron chi connectivity index (χ2n) is 6.18. The summed E-state index contributed by atoms with van der Waals surface area (Å²) in [6.07, 6.45) is 13.1. The number of benzene rings is 1. The molecule has 2 nitrogen and oxygen atoms in total. The maximum atomic E-state index is 12.3. The molecular weight excluding hydrogens is 322 g/mol. The lowest BCUT2D eigenvalue weighted by molar-refractivity contribution is 0.562. The first-order valence-corrected chi connectivity index (χ1v) is 11.2. The summed E-state index contributed by atoms with van der Waals surface area (Å²) in [5.74, 6) is 0.760. The van der Waals surface area contributed by atoms with Gasteiger partial charge in [-0.3, -0.25) is 4.21 Å². The van der Waals surface area contributed by atoms with Gasteiger partial charge in [0, 0.05) is 5.75 Å². The van der Waals surface area contributed by atoms with Gasteiger partial charge in [0.25, 0.3) is 0 Å². The molecule has 1 aromatic carbocycles. The Balaban J connectivity index is 1.55. The molecule has 0 bridgehead atoms. The molecule has 2 aromatic rings. The minimum Gasteiger partial charge on any atom is -0.252 e. The van der Waals surface area contributed by atoms with E-state index >= 15 is 0 Å². The minimum atomic E-state index is -0.921. The Morgan fingerprint density at radius 3 is 2.17 bits per heavy atom. The van der Waals surface area contributed by atoms with Crippen LogP contribution in [-0.4, -0.2) is 14.9 Å². The average Bonchev–Trinajstić information content (AvgIpc) is 3.00. The van der Waals surface area contributed by atoms with Gasteiger partial charge in [-0.1, -0.05) is 76.8 Å². The van der Waals surface area contributed by atoms with Gasteiger partial charge in [-0.2, -0.15) is 0 Å². The monoisotopic (exact) mass is 351 g/mol. The van der Waals surface area contributed by atoms with Crippen LogP contribution in [0.5, 0.6) is 0 Å². The predicted molar refractivity (Wildman–Crippen MR) is 103 cm³/mol. The Labute approximate surface area is 147 Å². The first-order chi connectivity index (χ1) is 11.3. The van der Waals surface area contributed by atoms with Crippen LogP contribution in [0.4, 0.5) is 0 Å². The highest BCUT2D eigenvalue weighted by Gasteiger charge is 2.09. The number of unbranched alkanes of at least 4 members (excludes halogenated alkanes) is 9. The van der Waals surface area contributed by atoms with Crippen molar-refractivity contribution < 1.29 is 4.21 Å². The van der Waals surface area contributed by atoms with Gasteiger partial charge < -0.3 is 0 Å². The van der Waals surface area contributed by atoms with E-state index in [1.54, 1.807) is 11.3 Å². The number of hydrogen-bond donors (Lipinski definition) is 0. The topological polar surface area (TPSA) is 30.0 Å². The highest BCUT2D eigenvalue weighted by molar-refractivity contribution is 7.87. The van der Waals surface area contributed by atoms with E-state index in [-0.39, 0.29) is 0 Å². The first kappa shape index (κ1) is 18.6. The van der Waals surface area contributed by atoms with Crippen LogP contribution in [0.15, 0.2) is 28.6 Å². The summed E-state index contributed by atoms with van der Waals surface area (Å²) in [5.41, 5.74) is 0.976. The van der Waals surface area contributed by atoms with Crippen molar-refractivity contribution in [2.45, 2.75) is 75.5 Å².